The lowest BCUT2D eigenvalue weighted by atomic mass is 9.90. The molecule has 2 amide bonds. The van der Waals surface area contributed by atoms with Crippen LogP contribution in [0.1, 0.15) is 11.6 Å². The average molecular weight is 514 g/mol. The van der Waals surface area contributed by atoms with Crippen LogP contribution in [0.15, 0.2) is 66.7 Å². The van der Waals surface area contributed by atoms with Gasteiger partial charge in [-0.1, -0.05) is 47.5 Å². The molecule has 3 aromatic rings. The maximum absolute atomic E-state index is 13.7. The number of nitro groups is 1. The van der Waals surface area contributed by atoms with E-state index in [1.54, 1.807) is 42.5 Å². The van der Waals surface area contributed by atoms with Crippen molar-refractivity contribution < 1.29 is 24.1 Å². The van der Waals surface area contributed by atoms with Crippen molar-refractivity contribution in [2.75, 3.05) is 17.1 Å². The summed E-state index contributed by atoms with van der Waals surface area (Å²) in [7, 11) is 1.45. The summed E-state index contributed by atoms with van der Waals surface area (Å²) in [6.07, 6.45) is -1.18. The highest BCUT2D eigenvalue weighted by Gasteiger charge is 2.61. The number of carbonyl (C=O) groups excluding carboxylic acids is 2. The van der Waals surface area contributed by atoms with E-state index in [-0.39, 0.29) is 10.7 Å². The zero-order valence-electron chi connectivity index (χ0n) is 18.1. The van der Waals surface area contributed by atoms with E-state index in [1.807, 2.05) is 0 Å². The van der Waals surface area contributed by atoms with Crippen LogP contribution in [0.4, 0.5) is 17.1 Å². The van der Waals surface area contributed by atoms with Gasteiger partial charge in [-0.05, 0) is 35.9 Å². The first-order chi connectivity index (χ1) is 16.8. The van der Waals surface area contributed by atoms with Crippen LogP contribution >= 0.6 is 23.2 Å². The molecule has 11 heteroatoms. The van der Waals surface area contributed by atoms with Crippen molar-refractivity contribution in [3.8, 4) is 5.75 Å². The Labute approximate surface area is 209 Å². The summed E-state index contributed by atoms with van der Waals surface area (Å²) in [5.41, 5.74) is 0.912. The van der Waals surface area contributed by atoms with Gasteiger partial charge < -0.3 is 4.74 Å². The molecule has 0 aliphatic carbocycles. The van der Waals surface area contributed by atoms with Crippen molar-refractivity contribution >= 4 is 52.1 Å². The van der Waals surface area contributed by atoms with Crippen LogP contribution in [0.3, 0.4) is 0 Å². The Bertz CT molecular complexity index is 1370. The maximum Gasteiger partial charge on any atom is 0.271 e. The number of halogens is 2. The van der Waals surface area contributed by atoms with E-state index in [0.29, 0.717) is 27.7 Å². The van der Waals surface area contributed by atoms with E-state index >= 15 is 0 Å². The van der Waals surface area contributed by atoms with E-state index in [1.165, 1.54) is 36.4 Å². The van der Waals surface area contributed by atoms with E-state index in [0.717, 1.165) is 4.90 Å². The van der Waals surface area contributed by atoms with Gasteiger partial charge in [-0.25, -0.2) is 9.96 Å². The van der Waals surface area contributed by atoms with Gasteiger partial charge in [0.2, 0.25) is 5.91 Å². The largest absolute Gasteiger partial charge is 0.495 e. The van der Waals surface area contributed by atoms with Crippen molar-refractivity contribution in [1.82, 2.24) is 0 Å². The van der Waals surface area contributed by atoms with Gasteiger partial charge in [0.15, 0.2) is 6.10 Å². The van der Waals surface area contributed by atoms with Gasteiger partial charge in [-0.3, -0.25) is 24.5 Å². The number of hydrogen-bond donors (Lipinski definition) is 0. The summed E-state index contributed by atoms with van der Waals surface area (Å²) >= 11 is 12.6. The molecule has 0 N–H and O–H groups in total. The Kier molecular flexibility index (Phi) is 5.84. The van der Waals surface area contributed by atoms with Gasteiger partial charge in [-0.15, -0.1) is 0 Å². The molecule has 2 fully saturated rings. The fourth-order valence-electron chi connectivity index (χ4n) is 4.49. The predicted octanol–water partition coefficient (Wildman–Crippen LogP) is 4.96. The van der Waals surface area contributed by atoms with Crippen LogP contribution in [0.2, 0.25) is 10.0 Å². The molecule has 5 rings (SSSR count). The molecule has 3 aromatic carbocycles. The van der Waals surface area contributed by atoms with Crippen molar-refractivity contribution in [2.24, 2.45) is 5.92 Å². The number of non-ortho nitro benzene ring substituents is 1. The number of fused-ring (bicyclic) bond motifs is 1. The Morgan fingerprint density at radius 3 is 2.49 bits per heavy atom. The average Bonchev–Trinajstić information content (AvgIpc) is 3.35. The summed E-state index contributed by atoms with van der Waals surface area (Å²) in [6, 6.07) is 16.3. The third kappa shape index (κ3) is 3.78. The highest BCUT2D eigenvalue weighted by molar-refractivity contribution is 6.35. The SMILES string of the molecule is COc1ccccc1N1C(=O)[C@@H]2[C@@H](ON(c3cccc([N+](=O)[O-])c3)[C@H]2c2ccc(Cl)cc2Cl)C1=O. The molecule has 0 radical (unpaired) electrons. The van der Waals surface area contributed by atoms with Crippen LogP contribution in [0.25, 0.3) is 0 Å². The highest BCUT2D eigenvalue weighted by Crippen LogP contribution is 2.50. The van der Waals surface area contributed by atoms with Gasteiger partial charge in [0, 0.05) is 22.2 Å². The zero-order chi connectivity index (χ0) is 24.9. The van der Waals surface area contributed by atoms with Crippen LogP contribution in [0, 0.1) is 16.0 Å². The molecule has 2 saturated heterocycles. The van der Waals surface area contributed by atoms with Crippen LogP contribution in [0.5, 0.6) is 5.75 Å². The second kappa shape index (κ2) is 8.84. The van der Waals surface area contributed by atoms with Crippen molar-refractivity contribution in [1.29, 1.82) is 0 Å². The number of nitro benzene ring substituents is 1. The number of anilines is 2. The molecule has 9 nitrogen and oxygen atoms in total. The van der Waals surface area contributed by atoms with Gasteiger partial charge in [0.1, 0.15) is 11.7 Å². The standard InChI is InChI=1S/C24H17Cl2N3O6/c1-34-19-8-3-2-7-18(19)27-23(30)20-21(16-10-9-13(25)11-17(16)26)28(35-22(20)24(27)31)14-5-4-6-15(12-14)29(32)33/h2-12,20-22H,1H3/t20-,21-,22+/m0/s1. The first-order valence-electron chi connectivity index (χ1n) is 10.5. The molecule has 0 saturated carbocycles. The number of carbonyl (C=O) groups is 2. The number of imide groups is 1. The number of amides is 2. The fourth-order valence-corrected chi connectivity index (χ4v) is 5.01. The number of methoxy groups -OCH3 is 1. The van der Waals surface area contributed by atoms with Crippen molar-refractivity contribution in [3.63, 3.8) is 0 Å². The molecule has 0 aromatic heterocycles. The van der Waals surface area contributed by atoms with Gasteiger partial charge in [0.25, 0.3) is 11.6 Å². The van der Waals surface area contributed by atoms with E-state index in [9.17, 15) is 19.7 Å². The Morgan fingerprint density at radius 2 is 1.77 bits per heavy atom. The van der Waals surface area contributed by atoms with Gasteiger partial charge in [0.05, 0.1) is 29.4 Å². The quantitative estimate of drug-likeness (QED) is 0.269. The van der Waals surface area contributed by atoms with E-state index < -0.39 is 34.8 Å². The minimum Gasteiger partial charge on any atom is -0.495 e. The normalized spacial score (nSPS) is 21.4. The molecule has 0 bridgehead atoms. The van der Waals surface area contributed by atoms with Gasteiger partial charge >= 0.3 is 0 Å². The lowest BCUT2D eigenvalue weighted by molar-refractivity contribution is -0.384. The van der Waals surface area contributed by atoms with E-state index in [2.05, 4.69) is 0 Å². The van der Waals surface area contributed by atoms with E-state index in [4.69, 9.17) is 32.8 Å². The first kappa shape index (κ1) is 23.1. The zero-order valence-corrected chi connectivity index (χ0v) is 19.6. The third-order valence-electron chi connectivity index (χ3n) is 6.02. The second-order valence-corrected chi connectivity index (χ2v) is 8.79. The molecule has 2 aliphatic rings. The summed E-state index contributed by atoms with van der Waals surface area (Å²) in [6.45, 7) is 0. The number of ether oxygens (including phenoxy) is 1. The molecular weight excluding hydrogens is 497 g/mol. The molecule has 0 spiro atoms. The van der Waals surface area contributed by atoms with Gasteiger partial charge in [-0.2, -0.15) is 0 Å². The topological polar surface area (TPSA) is 102 Å². The highest BCUT2D eigenvalue weighted by atomic mass is 35.5. The van der Waals surface area contributed by atoms with Crippen LogP contribution in [-0.4, -0.2) is 30.0 Å². The molecule has 35 heavy (non-hydrogen) atoms. The molecule has 2 heterocycles. The van der Waals surface area contributed by atoms with Crippen molar-refractivity contribution in [2.45, 2.75) is 12.1 Å². The third-order valence-corrected chi connectivity index (χ3v) is 6.58. The van der Waals surface area contributed by atoms with Crippen LogP contribution < -0.4 is 14.7 Å². The lowest BCUT2D eigenvalue weighted by Gasteiger charge is -2.29. The molecule has 0 unspecified atom stereocenters. The minimum atomic E-state index is -1.18. The summed E-state index contributed by atoms with van der Waals surface area (Å²) < 4.78 is 5.35. The number of hydrogen-bond acceptors (Lipinski definition) is 7. The fraction of sp³-hybridized carbons (Fsp3) is 0.167. The number of hydroxylamine groups is 1. The summed E-state index contributed by atoms with van der Waals surface area (Å²) in [4.78, 5) is 45.1. The number of benzene rings is 3. The number of para-hydroxylation sites is 2. The lowest BCUT2D eigenvalue weighted by Crippen LogP contribution is -2.37. The Morgan fingerprint density at radius 1 is 1.00 bits per heavy atom. The minimum absolute atomic E-state index is 0.169. The molecule has 178 valence electrons. The van der Waals surface area contributed by atoms with Crippen molar-refractivity contribution in [3.05, 3.63) is 92.5 Å². The predicted molar refractivity (Wildman–Crippen MR) is 129 cm³/mol. The molecule has 3 atom stereocenters. The Hall–Kier alpha value is -3.66. The molecule has 2 aliphatic heterocycles. The summed E-state index contributed by atoms with van der Waals surface area (Å²) in [5.74, 6) is -1.71. The smallest absolute Gasteiger partial charge is 0.271 e. The summed E-state index contributed by atoms with van der Waals surface area (Å²) in [5, 5.41) is 13.3. The molecular formula is C24H17Cl2N3O6. The maximum atomic E-state index is 13.7. The van der Waals surface area contributed by atoms with Crippen LogP contribution in [-0.2, 0) is 14.4 Å². The number of nitrogens with zero attached hydrogens (tertiary/aromatic N) is 3. The first-order valence-corrected chi connectivity index (χ1v) is 11.2. The Balaban J connectivity index is 1.63. The monoisotopic (exact) mass is 513 g/mol. The second-order valence-electron chi connectivity index (χ2n) is 7.95. The number of rotatable bonds is 5.